The van der Waals surface area contributed by atoms with Crippen LogP contribution in [-0.4, -0.2) is 15.9 Å². The van der Waals surface area contributed by atoms with Crippen LogP contribution >= 0.6 is 15.9 Å². The van der Waals surface area contributed by atoms with Crippen molar-refractivity contribution >= 4 is 44.0 Å². The number of halogens is 1. The summed E-state index contributed by atoms with van der Waals surface area (Å²) in [4.78, 5) is 21.7. The minimum Gasteiger partial charge on any atom is -0.761 e. The maximum absolute atomic E-state index is 12.1. The summed E-state index contributed by atoms with van der Waals surface area (Å²) in [5.41, 5.74) is 3.54. The van der Waals surface area contributed by atoms with Gasteiger partial charge in [0.05, 0.1) is 24.1 Å². The van der Waals surface area contributed by atoms with Gasteiger partial charge in [-0.05, 0) is 39.0 Å². The van der Waals surface area contributed by atoms with Gasteiger partial charge in [0.1, 0.15) is 0 Å². The number of carbonyl (C=O) groups is 1. The minimum atomic E-state index is -0.161. The number of carbonyl (C=O) groups excluding carboxylic acids is 1. The number of hydrogen-bond acceptors (Lipinski definition) is 5. The number of hydrogen-bond donors (Lipinski definition) is 1. The maximum atomic E-state index is 12.1. The molecule has 2 heterocycles. The third-order valence-electron chi connectivity index (χ3n) is 3.70. The molecule has 0 atom stereocenters. The summed E-state index contributed by atoms with van der Waals surface area (Å²) in [6.45, 7) is 1.81. The Bertz CT molecular complexity index is 901. The Labute approximate surface area is 147 Å². The molecule has 2 aromatic heterocycles. The predicted octanol–water partition coefficient (Wildman–Crippen LogP) is 3.86. The van der Waals surface area contributed by atoms with Crippen molar-refractivity contribution < 1.29 is 4.79 Å². The number of aromatic nitrogens is 2. The first-order valence-corrected chi connectivity index (χ1v) is 8.02. The smallest absolute Gasteiger partial charge is 0.224 e. The Morgan fingerprint density at radius 1 is 1.25 bits per heavy atom. The van der Waals surface area contributed by atoms with Crippen molar-refractivity contribution in [3.8, 4) is 0 Å². The lowest BCUT2D eigenvalue weighted by molar-refractivity contribution is -0.116. The molecule has 0 spiro atoms. The van der Waals surface area contributed by atoms with Gasteiger partial charge < -0.3 is 15.6 Å². The van der Waals surface area contributed by atoms with E-state index < -0.39 is 0 Å². The van der Waals surface area contributed by atoms with E-state index >= 15 is 0 Å². The number of anilines is 2. The molecule has 3 rings (SSSR count). The third kappa shape index (κ3) is 3.22. The van der Waals surface area contributed by atoms with Gasteiger partial charge in [0.25, 0.3) is 0 Å². The van der Waals surface area contributed by atoms with Crippen molar-refractivity contribution in [2.24, 2.45) is 0 Å². The van der Waals surface area contributed by atoms with E-state index in [4.69, 9.17) is 0 Å². The van der Waals surface area contributed by atoms with Gasteiger partial charge >= 0.3 is 0 Å². The van der Waals surface area contributed by atoms with Crippen LogP contribution in [0.2, 0.25) is 0 Å². The Kier molecular flexibility index (Phi) is 4.73. The van der Waals surface area contributed by atoms with Gasteiger partial charge in [-0.1, -0.05) is 12.1 Å². The Morgan fingerprint density at radius 3 is 2.83 bits per heavy atom. The molecule has 0 radical (unpaired) electrons. The second-order valence-corrected chi connectivity index (χ2v) is 6.13. The SMILES string of the molecule is CC(=O)N(Cc1ccc2cncc(Br)c2c1)c1ccncc1N[O-]. The Hall–Kier alpha value is -2.51. The van der Waals surface area contributed by atoms with Gasteiger partial charge in [0.15, 0.2) is 0 Å². The number of nitrogens with one attached hydrogen (secondary N) is 1. The fourth-order valence-corrected chi connectivity index (χ4v) is 2.99. The summed E-state index contributed by atoms with van der Waals surface area (Å²) in [5, 5.41) is 13.1. The van der Waals surface area contributed by atoms with Gasteiger partial charge in [0.2, 0.25) is 5.91 Å². The van der Waals surface area contributed by atoms with Crippen LogP contribution < -0.4 is 10.4 Å². The van der Waals surface area contributed by atoms with Crippen molar-refractivity contribution in [2.45, 2.75) is 13.5 Å². The number of fused-ring (bicyclic) bond motifs is 1. The van der Waals surface area contributed by atoms with Crippen LogP contribution in [-0.2, 0) is 11.3 Å². The van der Waals surface area contributed by atoms with E-state index in [0.29, 0.717) is 12.2 Å². The monoisotopic (exact) mass is 385 g/mol. The van der Waals surface area contributed by atoms with E-state index in [1.54, 1.807) is 24.7 Å². The van der Waals surface area contributed by atoms with Gasteiger partial charge in [0, 0.05) is 35.4 Å². The fourth-order valence-electron chi connectivity index (χ4n) is 2.52. The molecule has 1 aromatic carbocycles. The highest BCUT2D eigenvalue weighted by atomic mass is 79.9. The number of amides is 1. The molecule has 0 aliphatic heterocycles. The van der Waals surface area contributed by atoms with Crippen molar-refractivity contribution in [1.29, 1.82) is 0 Å². The molecular weight excluding hydrogens is 372 g/mol. The van der Waals surface area contributed by atoms with Gasteiger partial charge in [-0.15, -0.1) is 0 Å². The molecule has 1 amide bonds. The molecule has 1 N–H and O–H groups in total. The maximum Gasteiger partial charge on any atom is 0.224 e. The summed E-state index contributed by atoms with van der Waals surface area (Å²) in [7, 11) is 0. The molecular formula is C17H14BrN4O2-. The molecule has 0 saturated carbocycles. The van der Waals surface area contributed by atoms with E-state index in [1.807, 2.05) is 23.7 Å². The highest BCUT2D eigenvalue weighted by Gasteiger charge is 2.15. The average Bonchev–Trinajstić information content (AvgIpc) is 2.60. The first kappa shape index (κ1) is 16.4. The minimum absolute atomic E-state index is 0.161. The zero-order chi connectivity index (χ0) is 17.1. The fraction of sp³-hybridized carbons (Fsp3) is 0.118. The van der Waals surface area contributed by atoms with Crippen molar-refractivity contribution in [2.75, 3.05) is 10.4 Å². The number of rotatable bonds is 4. The highest BCUT2D eigenvalue weighted by Crippen LogP contribution is 2.28. The van der Waals surface area contributed by atoms with Crippen LogP contribution in [0, 0.1) is 5.21 Å². The van der Waals surface area contributed by atoms with Crippen LogP contribution in [0.25, 0.3) is 10.8 Å². The average molecular weight is 386 g/mol. The normalized spacial score (nSPS) is 10.6. The van der Waals surface area contributed by atoms with Gasteiger partial charge in [-0.2, -0.15) is 0 Å². The molecule has 3 aromatic rings. The largest absolute Gasteiger partial charge is 0.761 e. The lowest BCUT2D eigenvalue weighted by Crippen LogP contribution is -2.28. The van der Waals surface area contributed by atoms with Crippen molar-refractivity contribution in [1.82, 2.24) is 9.97 Å². The van der Waals surface area contributed by atoms with E-state index in [0.717, 1.165) is 20.8 Å². The summed E-state index contributed by atoms with van der Waals surface area (Å²) in [5.74, 6) is -0.161. The van der Waals surface area contributed by atoms with E-state index in [2.05, 4.69) is 25.9 Å². The summed E-state index contributed by atoms with van der Waals surface area (Å²) >= 11 is 3.49. The van der Waals surface area contributed by atoms with Gasteiger partial charge in [-0.25, -0.2) is 0 Å². The molecule has 0 unspecified atom stereocenters. The molecule has 0 aliphatic carbocycles. The van der Waals surface area contributed by atoms with Crippen LogP contribution in [0.1, 0.15) is 12.5 Å². The quantitative estimate of drug-likeness (QED) is 0.689. The zero-order valence-corrected chi connectivity index (χ0v) is 14.4. The zero-order valence-electron chi connectivity index (χ0n) is 12.9. The topological polar surface area (TPSA) is 81.2 Å². The molecule has 0 saturated heterocycles. The highest BCUT2D eigenvalue weighted by molar-refractivity contribution is 9.10. The van der Waals surface area contributed by atoms with Crippen LogP contribution in [0.3, 0.4) is 0 Å². The molecule has 0 aliphatic rings. The van der Waals surface area contributed by atoms with E-state index in [1.165, 1.54) is 18.0 Å². The summed E-state index contributed by atoms with van der Waals surface area (Å²) < 4.78 is 0.891. The number of nitrogens with zero attached hydrogens (tertiary/aromatic N) is 3. The lowest BCUT2D eigenvalue weighted by Gasteiger charge is -2.25. The predicted molar refractivity (Wildman–Crippen MR) is 97.5 cm³/mol. The van der Waals surface area contributed by atoms with E-state index in [-0.39, 0.29) is 11.6 Å². The second kappa shape index (κ2) is 6.94. The first-order chi connectivity index (χ1) is 11.6. The lowest BCUT2D eigenvalue weighted by atomic mass is 10.1. The van der Waals surface area contributed by atoms with Crippen molar-refractivity contribution in [3.05, 3.63) is 64.3 Å². The first-order valence-electron chi connectivity index (χ1n) is 7.22. The van der Waals surface area contributed by atoms with Crippen LogP contribution in [0.4, 0.5) is 11.4 Å². The Morgan fingerprint density at radius 2 is 2.08 bits per heavy atom. The van der Waals surface area contributed by atoms with Gasteiger partial charge in [-0.3, -0.25) is 14.8 Å². The molecule has 7 heteroatoms. The van der Waals surface area contributed by atoms with Crippen LogP contribution in [0.5, 0.6) is 0 Å². The second-order valence-electron chi connectivity index (χ2n) is 5.28. The standard InChI is InChI=1S/C17H14BrN4O2/c1-11(23)22(17-4-5-19-9-16(17)21-24)10-12-2-3-13-7-20-8-15(18)14(13)6-12/h2-9,21H,10H2,1H3/q-1. The molecule has 0 fully saturated rings. The molecule has 6 nitrogen and oxygen atoms in total. The van der Waals surface area contributed by atoms with E-state index in [9.17, 15) is 10.0 Å². The van der Waals surface area contributed by atoms with Crippen LogP contribution in [0.15, 0.2) is 53.5 Å². The number of pyridine rings is 2. The molecule has 24 heavy (non-hydrogen) atoms. The van der Waals surface area contributed by atoms with Crippen molar-refractivity contribution in [3.63, 3.8) is 0 Å². The summed E-state index contributed by atoms with van der Waals surface area (Å²) in [6, 6.07) is 7.54. The Balaban J connectivity index is 2.00. The number of benzene rings is 1. The summed E-state index contributed by atoms with van der Waals surface area (Å²) in [6.07, 6.45) is 6.47. The molecule has 0 bridgehead atoms. The third-order valence-corrected chi connectivity index (χ3v) is 4.33. The molecule has 122 valence electrons.